The molecule has 1 fully saturated rings. The van der Waals surface area contributed by atoms with E-state index >= 15 is 0 Å². The lowest BCUT2D eigenvalue weighted by atomic mass is 10.1. The second-order valence-corrected chi connectivity index (χ2v) is 4.56. The highest BCUT2D eigenvalue weighted by atomic mass is 32.1. The van der Waals surface area contributed by atoms with Gasteiger partial charge < -0.3 is 0 Å². The molecule has 1 nitrogen and oxygen atoms in total. The first kappa shape index (κ1) is 8.99. The zero-order valence-corrected chi connectivity index (χ0v) is 7.80. The topological polar surface area (TPSA) is 12.9 Å². The molecule has 0 N–H and O–H groups in total. The minimum absolute atomic E-state index is 0.220. The molecule has 1 aromatic heterocycles. The van der Waals surface area contributed by atoms with E-state index in [0.717, 1.165) is 11.3 Å². The van der Waals surface area contributed by atoms with Crippen molar-refractivity contribution >= 4 is 11.3 Å². The minimum Gasteiger partial charge on any atom is -0.250 e. The summed E-state index contributed by atoms with van der Waals surface area (Å²) in [6, 6.07) is 0. The zero-order chi connectivity index (χ0) is 9.69. The van der Waals surface area contributed by atoms with Crippen molar-refractivity contribution in [2.24, 2.45) is 0 Å². The summed E-state index contributed by atoms with van der Waals surface area (Å²) < 4.78 is 37.7. The molecule has 2 rings (SSSR count). The number of aromatic nitrogens is 1. The van der Waals surface area contributed by atoms with Crippen LogP contribution in [0.15, 0.2) is 6.20 Å². The first-order valence-electron chi connectivity index (χ1n) is 3.95. The van der Waals surface area contributed by atoms with Gasteiger partial charge in [0, 0.05) is 11.1 Å². The number of alkyl halides is 3. The van der Waals surface area contributed by atoms with Gasteiger partial charge in [-0.05, 0) is 19.8 Å². The molecule has 0 aromatic carbocycles. The summed E-state index contributed by atoms with van der Waals surface area (Å²) in [5.41, 5.74) is -1.54. The third-order valence-corrected chi connectivity index (χ3v) is 3.50. The van der Waals surface area contributed by atoms with Gasteiger partial charge in [0.1, 0.15) is 5.41 Å². The predicted molar refractivity (Wildman–Crippen MR) is 43.8 cm³/mol. The molecule has 13 heavy (non-hydrogen) atoms. The molecule has 5 heteroatoms. The Morgan fingerprint density at radius 3 is 2.38 bits per heavy atom. The highest BCUT2D eigenvalue weighted by Crippen LogP contribution is 2.59. The molecule has 0 atom stereocenters. The summed E-state index contributed by atoms with van der Waals surface area (Å²) in [5, 5.41) is 0.700. The fourth-order valence-electron chi connectivity index (χ4n) is 1.38. The normalized spacial score (nSPS) is 20.3. The fourth-order valence-corrected chi connectivity index (χ4v) is 2.42. The number of hydrogen-bond acceptors (Lipinski definition) is 2. The Hall–Kier alpha value is -0.580. The van der Waals surface area contributed by atoms with Gasteiger partial charge in [-0.25, -0.2) is 4.98 Å². The average Bonchev–Trinajstić information content (AvgIpc) is 2.70. The van der Waals surface area contributed by atoms with Crippen LogP contribution in [0.25, 0.3) is 0 Å². The molecule has 0 bridgehead atoms. The molecule has 0 amide bonds. The minimum atomic E-state index is -4.11. The molecule has 1 saturated carbocycles. The maximum Gasteiger partial charge on any atom is 0.399 e. The summed E-state index contributed by atoms with van der Waals surface area (Å²) in [6.45, 7) is 1.72. The number of thiazole rings is 1. The predicted octanol–water partition coefficient (Wildman–Crippen LogP) is 3.05. The summed E-state index contributed by atoms with van der Waals surface area (Å²) in [6.07, 6.45) is -2.30. The molecule has 1 aromatic rings. The second-order valence-electron chi connectivity index (χ2n) is 3.32. The van der Waals surface area contributed by atoms with Crippen LogP contribution in [0, 0.1) is 6.92 Å². The molecule has 0 unspecified atom stereocenters. The zero-order valence-electron chi connectivity index (χ0n) is 6.98. The van der Waals surface area contributed by atoms with Gasteiger partial charge in [-0.15, -0.1) is 11.3 Å². The van der Waals surface area contributed by atoms with E-state index in [1.54, 1.807) is 6.92 Å². The molecule has 0 spiro atoms. The Balaban J connectivity index is 2.36. The largest absolute Gasteiger partial charge is 0.399 e. The maximum atomic E-state index is 12.6. The molecular weight excluding hydrogens is 199 g/mol. The van der Waals surface area contributed by atoms with Crippen molar-refractivity contribution in [2.75, 3.05) is 0 Å². The van der Waals surface area contributed by atoms with E-state index in [1.165, 1.54) is 6.20 Å². The van der Waals surface area contributed by atoms with Gasteiger partial charge in [0.2, 0.25) is 0 Å². The Labute approximate surface area is 77.6 Å². The summed E-state index contributed by atoms with van der Waals surface area (Å²) in [5.74, 6) is 0. The van der Waals surface area contributed by atoms with Crippen molar-refractivity contribution in [2.45, 2.75) is 31.4 Å². The number of nitrogens with zero attached hydrogens (tertiary/aromatic N) is 1. The molecule has 1 aliphatic rings. The molecule has 72 valence electrons. The molecule has 0 aliphatic heterocycles. The van der Waals surface area contributed by atoms with Gasteiger partial charge in [0.15, 0.2) is 0 Å². The van der Waals surface area contributed by atoms with E-state index in [2.05, 4.69) is 4.98 Å². The fraction of sp³-hybridized carbons (Fsp3) is 0.625. The van der Waals surface area contributed by atoms with Crippen LogP contribution < -0.4 is 0 Å². The average molecular weight is 207 g/mol. The third-order valence-electron chi connectivity index (χ3n) is 2.39. The summed E-state index contributed by atoms with van der Waals surface area (Å²) >= 11 is 1.15. The highest BCUT2D eigenvalue weighted by molar-refractivity contribution is 7.11. The molecular formula is C8H8F3NS. The van der Waals surface area contributed by atoms with Crippen molar-refractivity contribution in [3.63, 3.8) is 0 Å². The van der Waals surface area contributed by atoms with Crippen molar-refractivity contribution in [3.8, 4) is 0 Å². The van der Waals surface area contributed by atoms with Crippen LogP contribution in [-0.2, 0) is 5.41 Å². The Bertz CT molecular complexity index is 324. The Morgan fingerprint density at radius 2 is 2.08 bits per heavy atom. The highest BCUT2D eigenvalue weighted by Gasteiger charge is 2.65. The first-order chi connectivity index (χ1) is 5.96. The van der Waals surface area contributed by atoms with E-state index in [1.807, 2.05) is 0 Å². The lowest BCUT2D eigenvalue weighted by molar-refractivity contribution is -0.159. The number of hydrogen-bond donors (Lipinski definition) is 0. The van der Waals surface area contributed by atoms with Crippen molar-refractivity contribution in [3.05, 3.63) is 16.1 Å². The summed E-state index contributed by atoms with van der Waals surface area (Å²) in [7, 11) is 0. The lowest BCUT2D eigenvalue weighted by Gasteiger charge is -2.16. The molecule has 0 saturated heterocycles. The lowest BCUT2D eigenvalue weighted by Crippen LogP contribution is -2.27. The smallest absolute Gasteiger partial charge is 0.250 e. The van der Waals surface area contributed by atoms with Gasteiger partial charge in [-0.3, -0.25) is 0 Å². The SMILES string of the molecule is Cc1ncc(C2(C(F)(F)F)CC2)s1. The van der Waals surface area contributed by atoms with Crippen LogP contribution in [0.1, 0.15) is 22.7 Å². The standard InChI is InChI=1S/C8H8F3NS/c1-5-12-4-6(13-5)7(2-3-7)8(9,10)11/h4H,2-3H2,1H3. The van der Waals surface area contributed by atoms with Crippen LogP contribution >= 0.6 is 11.3 Å². The maximum absolute atomic E-state index is 12.6. The van der Waals surface area contributed by atoms with Crippen molar-refractivity contribution in [1.82, 2.24) is 4.98 Å². The number of halogens is 3. The van der Waals surface area contributed by atoms with Gasteiger partial charge in [0.05, 0.1) is 5.01 Å². The van der Waals surface area contributed by atoms with Crippen molar-refractivity contribution in [1.29, 1.82) is 0 Å². The third kappa shape index (κ3) is 1.25. The first-order valence-corrected chi connectivity index (χ1v) is 4.77. The van der Waals surface area contributed by atoms with E-state index in [9.17, 15) is 13.2 Å². The number of aryl methyl sites for hydroxylation is 1. The molecule has 1 heterocycles. The van der Waals surface area contributed by atoms with Crippen LogP contribution in [0.2, 0.25) is 0 Å². The van der Waals surface area contributed by atoms with E-state index in [4.69, 9.17) is 0 Å². The van der Waals surface area contributed by atoms with E-state index in [0.29, 0.717) is 9.88 Å². The van der Waals surface area contributed by atoms with Crippen molar-refractivity contribution < 1.29 is 13.2 Å². The monoisotopic (exact) mass is 207 g/mol. The van der Waals surface area contributed by atoms with Gasteiger partial charge >= 0.3 is 6.18 Å². The van der Waals surface area contributed by atoms with Crippen LogP contribution in [-0.4, -0.2) is 11.2 Å². The quantitative estimate of drug-likeness (QED) is 0.689. The van der Waals surface area contributed by atoms with Gasteiger partial charge in [-0.2, -0.15) is 13.2 Å². The Morgan fingerprint density at radius 1 is 1.46 bits per heavy atom. The molecule has 1 aliphatic carbocycles. The number of rotatable bonds is 1. The summed E-state index contributed by atoms with van der Waals surface area (Å²) in [4.78, 5) is 4.23. The molecule has 0 radical (unpaired) electrons. The van der Waals surface area contributed by atoms with Crippen LogP contribution in [0.4, 0.5) is 13.2 Å². The van der Waals surface area contributed by atoms with E-state index in [-0.39, 0.29) is 12.8 Å². The van der Waals surface area contributed by atoms with Gasteiger partial charge in [-0.1, -0.05) is 0 Å². The van der Waals surface area contributed by atoms with Crippen LogP contribution in [0.5, 0.6) is 0 Å². The van der Waals surface area contributed by atoms with Gasteiger partial charge in [0.25, 0.3) is 0 Å². The van der Waals surface area contributed by atoms with E-state index < -0.39 is 11.6 Å². The Kier molecular flexibility index (Phi) is 1.71. The van der Waals surface area contributed by atoms with Crippen LogP contribution in [0.3, 0.4) is 0 Å². The second kappa shape index (κ2) is 2.47.